The molecule has 1 saturated heterocycles. The van der Waals surface area contributed by atoms with E-state index in [-0.39, 0.29) is 17.9 Å². The quantitative estimate of drug-likeness (QED) is 0.688. The van der Waals surface area contributed by atoms with Crippen molar-refractivity contribution in [1.29, 1.82) is 0 Å². The van der Waals surface area contributed by atoms with Gasteiger partial charge in [0.1, 0.15) is 0 Å². The topological polar surface area (TPSA) is 54.3 Å². The number of hydrogen-bond acceptors (Lipinski definition) is 2. The van der Waals surface area contributed by atoms with Crippen LogP contribution in [0.5, 0.6) is 0 Å². The number of likely N-dealkylation sites (tertiary alicyclic amines) is 1. The van der Waals surface area contributed by atoms with Crippen molar-refractivity contribution in [2.75, 3.05) is 19.6 Å². The molecule has 0 aliphatic carbocycles. The van der Waals surface area contributed by atoms with E-state index < -0.39 is 0 Å². The average molecular weight is 375 g/mol. The number of benzene rings is 2. The Bertz CT molecular complexity index is 960. The summed E-state index contributed by atoms with van der Waals surface area (Å²) in [7, 11) is 0. The molecule has 28 heavy (non-hydrogen) atoms. The first-order valence-corrected chi connectivity index (χ1v) is 9.87. The van der Waals surface area contributed by atoms with Crippen LogP contribution in [0.3, 0.4) is 0 Å². The second-order valence-electron chi connectivity index (χ2n) is 7.25. The van der Waals surface area contributed by atoms with Gasteiger partial charge in [0.25, 0.3) is 0 Å². The van der Waals surface area contributed by atoms with Crippen molar-refractivity contribution in [2.24, 2.45) is 0 Å². The van der Waals surface area contributed by atoms with E-state index in [0.717, 1.165) is 18.5 Å². The van der Waals surface area contributed by atoms with Crippen molar-refractivity contribution in [3.05, 3.63) is 72.6 Å². The van der Waals surface area contributed by atoms with Gasteiger partial charge in [-0.2, -0.15) is 0 Å². The summed E-state index contributed by atoms with van der Waals surface area (Å²) >= 11 is 0. The van der Waals surface area contributed by atoms with Crippen LogP contribution < -0.4 is 5.32 Å². The minimum Gasteiger partial charge on any atom is -0.354 e. The number of rotatable bonds is 7. The number of hydrogen-bond donors (Lipinski definition) is 1. The predicted molar refractivity (Wildman–Crippen MR) is 110 cm³/mol. The molecule has 2 aromatic carbocycles. The zero-order valence-corrected chi connectivity index (χ0v) is 15.9. The van der Waals surface area contributed by atoms with Crippen LogP contribution in [-0.2, 0) is 9.59 Å². The van der Waals surface area contributed by atoms with Gasteiger partial charge in [-0.1, -0.05) is 42.5 Å². The van der Waals surface area contributed by atoms with Crippen LogP contribution in [0, 0.1) is 0 Å². The molecule has 4 rings (SSSR count). The number of carbonyl (C=O) groups is 2. The first-order valence-electron chi connectivity index (χ1n) is 9.87. The van der Waals surface area contributed by atoms with Gasteiger partial charge in [0.2, 0.25) is 11.8 Å². The van der Waals surface area contributed by atoms with Gasteiger partial charge in [0.15, 0.2) is 0 Å². The van der Waals surface area contributed by atoms with Gasteiger partial charge in [-0.25, -0.2) is 0 Å². The minimum atomic E-state index is -0.0745. The smallest absolute Gasteiger partial charge is 0.222 e. The van der Waals surface area contributed by atoms with E-state index >= 15 is 0 Å². The van der Waals surface area contributed by atoms with Crippen LogP contribution in [0.1, 0.15) is 30.9 Å². The summed E-state index contributed by atoms with van der Waals surface area (Å²) in [4.78, 5) is 26.2. The molecule has 0 bridgehead atoms. The zero-order valence-electron chi connectivity index (χ0n) is 15.9. The molecule has 1 aliphatic heterocycles. The first-order chi connectivity index (χ1) is 13.7. The molecule has 1 aliphatic rings. The predicted octanol–water partition coefficient (Wildman–Crippen LogP) is 3.36. The molecular formula is C23H25N3O2. The summed E-state index contributed by atoms with van der Waals surface area (Å²) in [5.41, 5.74) is 1.14. The van der Waals surface area contributed by atoms with Crippen LogP contribution in [0.15, 0.2) is 67.0 Å². The van der Waals surface area contributed by atoms with Gasteiger partial charge in [0, 0.05) is 38.4 Å². The Hall–Kier alpha value is -3.08. The summed E-state index contributed by atoms with van der Waals surface area (Å²) in [5, 5.41) is 5.33. The molecule has 2 heterocycles. The summed E-state index contributed by atoms with van der Waals surface area (Å²) < 4.78 is 2.09. The number of amides is 2. The third-order valence-electron chi connectivity index (χ3n) is 5.42. The van der Waals surface area contributed by atoms with Crippen LogP contribution in [0.25, 0.3) is 10.8 Å². The maximum absolute atomic E-state index is 12.7. The Balaban J connectivity index is 1.49. The van der Waals surface area contributed by atoms with Crippen molar-refractivity contribution in [3.8, 4) is 0 Å². The molecule has 1 aromatic heterocycles. The van der Waals surface area contributed by atoms with Crippen LogP contribution >= 0.6 is 0 Å². The fourth-order valence-corrected chi connectivity index (χ4v) is 3.99. The molecule has 0 unspecified atom stereocenters. The highest BCUT2D eigenvalue weighted by Crippen LogP contribution is 2.29. The van der Waals surface area contributed by atoms with E-state index in [1.54, 1.807) is 0 Å². The highest BCUT2D eigenvalue weighted by molar-refractivity contribution is 5.87. The van der Waals surface area contributed by atoms with Gasteiger partial charge >= 0.3 is 0 Å². The summed E-state index contributed by atoms with van der Waals surface area (Å²) in [6.45, 7) is 1.89. The van der Waals surface area contributed by atoms with Gasteiger partial charge in [-0.3, -0.25) is 9.59 Å². The fraction of sp³-hybridized carbons (Fsp3) is 0.304. The van der Waals surface area contributed by atoms with Crippen molar-refractivity contribution >= 4 is 22.6 Å². The van der Waals surface area contributed by atoms with Gasteiger partial charge in [-0.15, -0.1) is 0 Å². The van der Waals surface area contributed by atoms with Gasteiger partial charge in [-0.05, 0) is 34.9 Å². The molecule has 144 valence electrons. The van der Waals surface area contributed by atoms with E-state index in [9.17, 15) is 9.59 Å². The standard InChI is InChI=1S/C23H25N3O2/c27-22(24-12-16-26-15-6-11-23(26)28)17-21(25-13-3-4-14-25)20-10-5-8-18-7-1-2-9-19(18)20/h1-5,7-10,13-14,21H,6,11-12,15-17H2,(H,24,27)/t21-/m0/s1. The Kier molecular flexibility index (Phi) is 5.42. The van der Waals surface area contributed by atoms with Crippen LogP contribution in [0.2, 0.25) is 0 Å². The molecule has 0 radical (unpaired) electrons. The Labute approximate surface area is 165 Å². The maximum Gasteiger partial charge on any atom is 0.222 e. The van der Waals surface area contributed by atoms with Gasteiger partial charge in [0.05, 0.1) is 12.5 Å². The molecule has 2 amide bonds. The molecule has 5 nitrogen and oxygen atoms in total. The van der Waals surface area contributed by atoms with Crippen molar-refractivity contribution in [3.63, 3.8) is 0 Å². The summed E-state index contributed by atoms with van der Waals surface area (Å²) in [6, 6.07) is 18.4. The van der Waals surface area contributed by atoms with E-state index in [4.69, 9.17) is 0 Å². The molecular weight excluding hydrogens is 350 g/mol. The second-order valence-corrected chi connectivity index (χ2v) is 7.25. The third-order valence-corrected chi connectivity index (χ3v) is 5.42. The van der Waals surface area contributed by atoms with E-state index in [2.05, 4.69) is 34.1 Å². The lowest BCUT2D eigenvalue weighted by Crippen LogP contribution is -2.36. The first kappa shape index (κ1) is 18.3. The lowest BCUT2D eigenvalue weighted by Gasteiger charge is -2.22. The van der Waals surface area contributed by atoms with Crippen molar-refractivity contribution in [2.45, 2.75) is 25.3 Å². The van der Waals surface area contributed by atoms with Gasteiger partial charge < -0.3 is 14.8 Å². The highest BCUT2D eigenvalue weighted by atomic mass is 16.2. The Morgan fingerprint density at radius 2 is 1.82 bits per heavy atom. The van der Waals surface area contributed by atoms with E-state index in [0.29, 0.717) is 25.9 Å². The average Bonchev–Trinajstić information content (AvgIpc) is 3.38. The van der Waals surface area contributed by atoms with Crippen LogP contribution in [-0.4, -0.2) is 40.9 Å². The second kappa shape index (κ2) is 8.30. The SMILES string of the molecule is O=C(C[C@@H](c1cccc2ccccc12)n1cccc1)NCCN1CCCC1=O. The third kappa shape index (κ3) is 3.93. The molecule has 5 heteroatoms. The molecule has 3 aromatic rings. The van der Waals surface area contributed by atoms with E-state index in [1.807, 2.05) is 47.6 Å². The largest absolute Gasteiger partial charge is 0.354 e. The lowest BCUT2D eigenvalue weighted by atomic mass is 9.96. The molecule has 1 fully saturated rings. The number of nitrogens with one attached hydrogen (secondary N) is 1. The molecule has 1 atom stereocenters. The normalized spacial score (nSPS) is 15.1. The minimum absolute atomic E-state index is 0.00159. The summed E-state index contributed by atoms with van der Waals surface area (Å²) in [6.07, 6.45) is 5.91. The number of aromatic nitrogens is 1. The molecule has 1 N–H and O–H groups in total. The number of fused-ring (bicyclic) bond motifs is 1. The van der Waals surface area contributed by atoms with Crippen molar-refractivity contribution in [1.82, 2.24) is 14.8 Å². The van der Waals surface area contributed by atoms with E-state index in [1.165, 1.54) is 10.8 Å². The maximum atomic E-state index is 12.7. The van der Waals surface area contributed by atoms with Crippen molar-refractivity contribution < 1.29 is 9.59 Å². The fourth-order valence-electron chi connectivity index (χ4n) is 3.99. The van der Waals surface area contributed by atoms with Crippen LogP contribution in [0.4, 0.5) is 0 Å². The zero-order chi connectivity index (χ0) is 19.3. The number of nitrogens with zero attached hydrogens (tertiary/aromatic N) is 2. The Morgan fingerprint density at radius 1 is 1.04 bits per heavy atom. The number of carbonyl (C=O) groups excluding carboxylic acids is 2. The lowest BCUT2D eigenvalue weighted by molar-refractivity contribution is -0.128. The monoisotopic (exact) mass is 375 g/mol. The summed E-state index contributed by atoms with van der Waals surface area (Å²) in [5.74, 6) is 0.188. The Morgan fingerprint density at radius 3 is 2.61 bits per heavy atom. The molecule has 0 saturated carbocycles. The molecule has 0 spiro atoms. The highest BCUT2D eigenvalue weighted by Gasteiger charge is 2.21.